The Morgan fingerprint density at radius 1 is 1.41 bits per heavy atom. The van der Waals surface area contributed by atoms with Crippen molar-refractivity contribution < 1.29 is 0 Å². The number of nitrogens with zero attached hydrogens (tertiary/aromatic N) is 3. The fourth-order valence-electron chi connectivity index (χ4n) is 1.39. The second kappa shape index (κ2) is 7.45. The Kier molecular flexibility index (Phi) is 6.22. The predicted octanol–water partition coefficient (Wildman–Crippen LogP) is 2.66. The minimum absolute atomic E-state index is 0.576. The topological polar surface area (TPSA) is 41.0 Å². The monoisotopic (exact) mass is 256 g/mol. The highest BCUT2D eigenvalue weighted by Gasteiger charge is 2.02. The van der Waals surface area contributed by atoms with Crippen LogP contribution in [-0.2, 0) is 0 Å². The summed E-state index contributed by atoms with van der Waals surface area (Å²) in [7, 11) is 2.15. The first kappa shape index (κ1) is 14.2. The number of aromatic nitrogens is 2. The summed E-state index contributed by atoms with van der Waals surface area (Å²) in [5.41, 5.74) is 0. The molecule has 0 spiro atoms. The van der Waals surface area contributed by atoms with Gasteiger partial charge in [-0.15, -0.1) is 0 Å². The molecule has 0 unspecified atom stereocenters. The van der Waals surface area contributed by atoms with Gasteiger partial charge in [-0.1, -0.05) is 11.6 Å². The van der Waals surface area contributed by atoms with Crippen molar-refractivity contribution in [3.05, 3.63) is 17.5 Å². The van der Waals surface area contributed by atoms with Gasteiger partial charge in [0.25, 0.3) is 0 Å². The smallest absolute Gasteiger partial charge is 0.148 e. The number of hydrogen-bond donors (Lipinski definition) is 1. The van der Waals surface area contributed by atoms with E-state index in [1.807, 2.05) is 0 Å². The van der Waals surface area contributed by atoms with Crippen LogP contribution in [0.3, 0.4) is 0 Å². The Labute approximate surface area is 108 Å². The molecule has 96 valence electrons. The third kappa shape index (κ3) is 5.33. The van der Waals surface area contributed by atoms with Crippen molar-refractivity contribution in [3.63, 3.8) is 0 Å². The van der Waals surface area contributed by atoms with Crippen LogP contribution in [0.4, 0.5) is 5.82 Å². The van der Waals surface area contributed by atoms with Crippen LogP contribution in [0.5, 0.6) is 0 Å². The van der Waals surface area contributed by atoms with Gasteiger partial charge in [-0.25, -0.2) is 9.97 Å². The molecular formula is C12H21ClN4. The van der Waals surface area contributed by atoms with Crippen molar-refractivity contribution in [3.8, 4) is 0 Å². The van der Waals surface area contributed by atoms with Crippen molar-refractivity contribution in [2.45, 2.75) is 32.7 Å². The van der Waals surface area contributed by atoms with Crippen molar-refractivity contribution >= 4 is 17.4 Å². The molecule has 0 aliphatic carbocycles. The van der Waals surface area contributed by atoms with Crippen LogP contribution in [0.2, 0.25) is 5.02 Å². The first-order valence-corrected chi connectivity index (χ1v) is 6.38. The average molecular weight is 257 g/mol. The summed E-state index contributed by atoms with van der Waals surface area (Å²) in [6.45, 7) is 6.43. The van der Waals surface area contributed by atoms with Crippen LogP contribution in [0.1, 0.15) is 26.7 Å². The van der Waals surface area contributed by atoms with E-state index in [1.165, 1.54) is 12.7 Å². The van der Waals surface area contributed by atoms with Crippen molar-refractivity contribution in [1.29, 1.82) is 0 Å². The first-order chi connectivity index (χ1) is 8.11. The van der Waals surface area contributed by atoms with Gasteiger partial charge in [0.15, 0.2) is 0 Å². The molecule has 1 rings (SSSR count). The normalized spacial score (nSPS) is 11.2. The lowest BCUT2D eigenvalue weighted by atomic mass is 10.2. The number of unbranched alkanes of at least 4 members (excludes halogenated alkanes) is 1. The summed E-state index contributed by atoms with van der Waals surface area (Å²) in [6, 6.07) is 0.610. The second-order valence-electron chi connectivity index (χ2n) is 4.43. The van der Waals surface area contributed by atoms with E-state index in [-0.39, 0.29) is 0 Å². The van der Waals surface area contributed by atoms with Crippen molar-refractivity contribution in [1.82, 2.24) is 14.9 Å². The van der Waals surface area contributed by atoms with Crippen molar-refractivity contribution in [2.75, 3.05) is 25.5 Å². The fraction of sp³-hybridized carbons (Fsp3) is 0.667. The molecule has 0 saturated heterocycles. The number of rotatable bonds is 7. The van der Waals surface area contributed by atoms with E-state index in [9.17, 15) is 0 Å². The molecule has 1 N–H and O–H groups in total. The highest BCUT2D eigenvalue weighted by atomic mass is 35.5. The number of halogens is 1. The van der Waals surface area contributed by atoms with Crippen LogP contribution in [0, 0.1) is 0 Å². The minimum Gasteiger partial charge on any atom is -0.369 e. The molecule has 0 atom stereocenters. The molecule has 0 amide bonds. The molecule has 1 heterocycles. The van der Waals surface area contributed by atoms with Gasteiger partial charge in [-0.3, -0.25) is 0 Å². The summed E-state index contributed by atoms with van der Waals surface area (Å²) < 4.78 is 0. The second-order valence-corrected chi connectivity index (χ2v) is 4.83. The van der Waals surface area contributed by atoms with Crippen LogP contribution < -0.4 is 5.32 Å². The molecule has 1 aromatic heterocycles. The van der Waals surface area contributed by atoms with Gasteiger partial charge in [-0.05, 0) is 40.3 Å². The van der Waals surface area contributed by atoms with Crippen LogP contribution in [0.15, 0.2) is 12.5 Å². The van der Waals surface area contributed by atoms with Gasteiger partial charge in [0, 0.05) is 12.6 Å². The molecule has 0 bridgehead atoms. The molecule has 0 fully saturated rings. The Hall–Kier alpha value is -0.870. The predicted molar refractivity (Wildman–Crippen MR) is 72.5 cm³/mol. The number of hydrogen-bond acceptors (Lipinski definition) is 4. The van der Waals surface area contributed by atoms with Gasteiger partial charge < -0.3 is 10.2 Å². The minimum atomic E-state index is 0.576. The standard InChI is InChI=1S/C12H21ClN4/c1-10(2)17(3)7-5-4-6-15-12-11(13)8-14-9-16-12/h8-10H,4-7H2,1-3H3,(H,14,15,16). The van der Waals surface area contributed by atoms with Gasteiger partial charge in [-0.2, -0.15) is 0 Å². The maximum absolute atomic E-state index is 5.93. The fourth-order valence-corrected chi connectivity index (χ4v) is 1.57. The molecule has 0 aromatic carbocycles. The molecule has 1 aromatic rings. The van der Waals surface area contributed by atoms with Gasteiger partial charge in [0.1, 0.15) is 17.2 Å². The number of anilines is 1. The van der Waals surface area contributed by atoms with Crippen LogP contribution in [-0.4, -0.2) is 41.0 Å². The summed E-state index contributed by atoms with van der Waals surface area (Å²) >= 11 is 5.93. The molecular weight excluding hydrogens is 236 g/mol. The van der Waals surface area contributed by atoms with E-state index in [2.05, 4.69) is 41.1 Å². The Bertz CT molecular complexity index is 330. The highest BCUT2D eigenvalue weighted by molar-refractivity contribution is 6.32. The lowest BCUT2D eigenvalue weighted by Crippen LogP contribution is -2.27. The van der Waals surface area contributed by atoms with Gasteiger partial charge in [0.05, 0.1) is 6.20 Å². The van der Waals surface area contributed by atoms with E-state index in [1.54, 1.807) is 6.20 Å². The summed E-state index contributed by atoms with van der Waals surface area (Å²) in [6.07, 6.45) is 5.38. The van der Waals surface area contributed by atoms with E-state index < -0.39 is 0 Å². The first-order valence-electron chi connectivity index (χ1n) is 6.01. The molecule has 17 heavy (non-hydrogen) atoms. The maximum Gasteiger partial charge on any atom is 0.148 e. The highest BCUT2D eigenvalue weighted by Crippen LogP contribution is 2.15. The maximum atomic E-state index is 5.93. The summed E-state index contributed by atoms with van der Waals surface area (Å²) in [4.78, 5) is 10.3. The Morgan fingerprint density at radius 3 is 2.82 bits per heavy atom. The van der Waals surface area contributed by atoms with Gasteiger partial charge >= 0.3 is 0 Å². The molecule has 4 nitrogen and oxygen atoms in total. The Balaban J connectivity index is 2.15. The van der Waals surface area contributed by atoms with E-state index in [4.69, 9.17) is 11.6 Å². The molecule has 0 aliphatic heterocycles. The lowest BCUT2D eigenvalue weighted by Gasteiger charge is -2.20. The Morgan fingerprint density at radius 2 is 2.18 bits per heavy atom. The zero-order valence-corrected chi connectivity index (χ0v) is 11.5. The third-order valence-corrected chi connectivity index (χ3v) is 3.06. The van der Waals surface area contributed by atoms with Gasteiger partial charge in [0.2, 0.25) is 0 Å². The van der Waals surface area contributed by atoms with Crippen molar-refractivity contribution in [2.24, 2.45) is 0 Å². The summed E-state index contributed by atoms with van der Waals surface area (Å²) in [5, 5.41) is 3.79. The zero-order valence-electron chi connectivity index (χ0n) is 10.8. The SMILES string of the molecule is CC(C)N(C)CCCCNc1ncncc1Cl. The lowest BCUT2D eigenvalue weighted by molar-refractivity contribution is 0.269. The third-order valence-electron chi connectivity index (χ3n) is 2.78. The quantitative estimate of drug-likeness (QED) is 0.762. The molecule has 0 radical (unpaired) electrons. The zero-order chi connectivity index (χ0) is 12.7. The molecule has 0 aliphatic rings. The van der Waals surface area contributed by atoms with E-state index in [0.717, 1.165) is 25.3 Å². The average Bonchev–Trinajstić information content (AvgIpc) is 2.30. The summed E-state index contributed by atoms with van der Waals surface area (Å²) in [5.74, 6) is 0.721. The van der Waals surface area contributed by atoms with Crippen LogP contribution in [0.25, 0.3) is 0 Å². The van der Waals surface area contributed by atoms with Crippen LogP contribution >= 0.6 is 11.6 Å². The van der Waals surface area contributed by atoms with E-state index >= 15 is 0 Å². The van der Waals surface area contributed by atoms with E-state index in [0.29, 0.717) is 11.1 Å². The molecule has 5 heteroatoms. The largest absolute Gasteiger partial charge is 0.369 e. The number of nitrogens with one attached hydrogen (secondary N) is 1. The molecule has 0 saturated carbocycles.